The molecule has 0 radical (unpaired) electrons. The number of ketones is 1. The smallest absolute Gasteiger partial charge is 0.433 e. The van der Waals surface area contributed by atoms with Crippen molar-refractivity contribution in [1.29, 1.82) is 0 Å². The lowest BCUT2D eigenvalue weighted by Gasteiger charge is -2.06. The Balaban J connectivity index is 4.62. The molecule has 84 valence electrons. The van der Waals surface area contributed by atoms with Crippen molar-refractivity contribution in [2.45, 2.75) is 27.2 Å². The molecule has 1 unspecified atom stereocenters. The number of nitrogens with zero attached hydrogens (tertiary/aromatic N) is 1. The van der Waals surface area contributed by atoms with E-state index in [1.807, 2.05) is 26.0 Å². The summed E-state index contributed by atoms with van der Waals surface area (Å²) in [6, 6.07) is 0. The van der Waals surface area contributed by atoms with E-state index in [1.54, 1.807) is 0 Å². The highest BCUT2D eigenvalue weighted by Crippen LogP contribution is 2.06. The molecule has 0 rings (SSSR count). The van der Waals surface area contributed by atoms with Crippen molar-refractivity contribution < 1.29 is 14.3 Å². The largest absolute Gasteiger partial charge is 0.451 e. The minimum absolute atomic E-state index is 0.183. The normalized spacial score (nSPS) is 14.0. The second-order valence-corrected chi connectivity index (χ2v) is 3.29. The molecule has 0 aromatic heterocycles. The first-order valence-electron chi connectivity index (χ1n) is 4.80. The Labute approximate surface area is 90.0 Å². The zero-order valence-corrected chi connectivity index (χ0v) is 9.61. The Bertz CT molecular complexity index is 292. The number of methoxy groups -OCH3 is 1. The van der Waals surface area contributed by atoms with Crippen LogP contribution in [0.2, 0.25) is 0 Å². The van der Waals surface area contributed by atoms with Gasteiger partial charge in [0.1, 0.15) is 0 Å². The molecule has 0 fully saturated rings. The number of Topliss-reactive ketones (excluding diaryl/α,β-unsaturated/α-hetero) is 1. The topological polar surface area (TPSA) is 55.7 Å². The van der Waals surface area contributed by atoms with Gasteiger partial charge in [-0.25, -0.2) is 4.79 Å². The Kier molecular flexibility index (Phi) is 6.25. The molecular formula is C11H17NO3. The molecule has 0 aliphatic carbocycles. The van der Waals surface area contributed by atoms with Gasteiger partial charge in [0, 0.05) is 6.92 Å². The molecule has 0 N–H and O–H groups in total. The first-order chi connectivity index (χ1) is 7.01. The summed E-state index contributed by atoms with van der Waals surface area (Å²) in [5.41, 5.74) is 0.257. The summed E-state index contributed by atoms with van der Waals surface area (Å²) in [7, 11) is 1.24. The SMILES string of the molecule is CC=CC(C)CC(=NC(=O)OC)C(C)=O. The molecule has 0 aliphatic rings. The predicted molar refractivity (Wildman–Crippen MR) is 59.1 cm³/mol. The summed E-state index contributed by atoms with van der Waals surface area (Å²) in [4.78, 5) is 25.6. The highest BCUT2D eigenvalue weighted by Gasteiger charge is 2.11. The predicted octanol–water partition coefficient (Wildman–Crippen LogP) is 2.39. The number of allylic oxidation sites excluding steroid dienone is 2. The number of carbonyl (C=O) groups excluding carboxylic acids is 2. The van der Waals surface area contributed by atoms with E-state index < -0.39 is 6.09 Å². The standard InChI is InChI=1S/C11H17NO3/c1-5-6-8(2)7-10(9(3)13)12-11(14)15-4/h5-6,8H,7H2,1-4H3. The Morgan fingerprint density at radius 3 is 2.47 bits per heavy atom. The molecule has 4 heteroatoms. The van der Waals surface area contributed by atoms with Crippen LogP contribution < -0.4 is 0 Å². The van der Waals surface area contributed by atoms with Crippen molar-refractivity contribution in [3.05, 3.63) is 12.2 Å². The van der Waals surface area contributed by atoms with Crippen molar-refractivity contribution in [1.82, 2.24) is 0 Å². The molecule has 0 saturated carbocycles. The molecule has 15 heavy (non-hydrogen) atoms. The van der Waals surface area contributed by atoms with Gasteiger partial charge in [-0.15, -0.1) is 0 Å². The van der Waals surface area contributed by atoms with Crippen LogP contribution in [-0.4, -0.2) is 24.7 Å². The monoisotopic (exact) mass is 211 g/mol. The van der Waals surface area contributed by atoms with Crippen LogP contribution in [0.5, 0.6) is 0 Å². The van der Waals surface area contributed by atoms with E-state index >= 15 is 0 Å². The molecule has 0 saturated heterocycles. The van der Waals surface area contributed by atoms with Gasteiger partial charge in [0.2, 0.25) is 0 Å². The van der Waals surface area contributed by atoms with Gasteiger partial charge in [-0.3, -0.25) is 4.79 Å². The molecule has 1 amide bonds. The average Bonchev–Trinajstić information content (AvgIpc) is 2.16. The minimum atomic E-state index is -0.729. The zero-order valence-electron chi connectivity index (χ0n) is 9.61. The van der Waals surface area contributed by atoms with E-state index in [9.17, 15) is 9.59 Å². The van der Waals surface area contributed by atoms with Crippen LogP contribution in [0, 0.1) is 5.92 Å². The lowest BCUT2D eigenvalue weighted by Crippen LogP contribution is -2.15. The van der Waals surface area contributed by atoms with E-state index in [0.717, 1.165) is 0 Å². The van der Waals surface area contributed by atoms with Crippen LogP contribution in [0.3, 0.4) is 0 Å². The van der Waals surface area contributed by atoms with Gasteiger partial charge in [0.15, 0.2) is 5.78 Å². The summed E-state index contributed by atoms with van der Waals surface area (Å²) in [6.45, 7) is 5.25. The number of hydrogen-bond acceptors (Lipinski definition) is 3. The van der Waals surface area contributed by atoms with Crippen LogP contribution in [0.25, 0.3) is 0 Å². The van der Waals surface area contributed by atoms with E-state index in [2.05, 4.69) is 9.73 Å². The highest BCUT2D eigenvalue weighted by molar-refractivity contribution is 6.40. The third-order valence-corrected chi connectivity index (χ3v) is 1.84. The number of aliphatic imine (C=N–C) groups is 1. The molecule has 0 aromatic carbocycles. The highest BCUT2D eigenvalue weighted by atomic mass is 16.5. The third-order valence-electron chi connectivity index (χ3n) is 1.84. The summed E-state index contributed by atoms with van der Waals surface area (Å²) < 4.78 is 4.38. The minimum Gasteiger partial charge on any atom is -0.451 e. The Morgan fingerprint density at radius 2 is 2.07 bits per heavy atom. The first-order valence-corrected chi connectivity index (χ1v) is 4.80. The van der Waals surface area contributed by atoms with Gasteiger partial charge in [0.25, 0.3) is 0 Å². The van der Waals surface area contributed by atoms with Crippen LogP contribution in [-0.2, 0) is 9.53 Å². The van der Waals surface area contributed by atoms with Crippen molar-refractivity contribution in [2.24, 2.45) is 10.9 Å². The maximum atomic E-state index is 11.2. The second kappa shape index (κ2) is 6.92. The lowest BCUT2D eigenvalue weighted by molar-refractivity contribution is -0.111. The van der Waals surface area contributed by atoms with Crippen molar-refractivity contribution >= 4 is 17.6 Å². The summed E-state index contributed by atoms with van der Waals surface area (Å²) in [6.07, 6.45) is 3.58. The fourth-order valence-electron chi connectivity index (χ4n) is 1.13. The van der Waals surface area contributed by atoms with E-state index in [1.165, 1.54) is 14.0 Å². The molecule has 0 heterocycles. The van der Waals surface area contributed by atoms with E-state index in [-0.39, 0.29) is 17.4 Å². The molecule has 4 nitrogen and oxygen atoms in total. The van der Waals surface area contributed by atoms with Crippen molar-refractivity contribution in [3.63, 3.8) is 0 Å². The van der Waals surface area contributed by atoms with E-state index in [0.29, 0.717) is 6.42 Å². The van der Waals surface area contributed by atoms with Crippen LogP contribution in [0.4, 0.5) is 4.79 Å². The lowest BCUT2D eigenvalue weighted by atomic mass is 10.0. The average molecular weight is 211 g/mol. The number of rotatable bonds is 4. The summed E-state index contributed by atoms with van der Waals surface area (Å²) in [5.74, 6) is -0.0148. The first kappa shape index (κ1) is 13.5. The van der Waals surface area contributed by atoms with Gasteiger partial charge >= 0.3 is 6.09 Å². The molecule has 0 bridgehead atoms. The van der Waals surface area contributed by atoms with Gasteiger partial charge in [0.05, 0.1) is 12.8 Å². The fourth-order valence-corrected chi connectivity index (χ4v) is 1.13. The second-order valence-electron chi connectivity index (χ2n) is 3.29. The number of ether oxygens (including phenoxy) is 1. The van der Waals surface area contributed by atoms with Crippen molar-refractivity contribution in [2.75, 3.05) is 7.11 Å². The molecule has 0 spiro atoms. The quantitative estimate of drug-likeness (QED) is 0.530. The molecule has 0 aromatic rings. The number of amides is 1. The molecule has 1 atom stereocenters. The maximum Gasteiger partial charge on any atom is 0.433 e. The Morgan fingerprint density at radius 1 is 1.47 bits per heavy atom. The van der Waals surface area contributed by atoms with Gasteiger partial charge in [-0.1, -0.05) is 19.1 Å². The van der Waals surface area contributed by atoms with Crippen LogP contribution >= 0.6 is 0 Å². The van der Waals surface area contributed by atoms with Crippen LogP contribution in [0.1, 0.15) is 27.2 Å². The van der Waals surface area contributed by atoms with Crippen molar-refractivity contribution in [3.8, 4) is 0 Å². The van der Waals surface area contributed by atoms with Gasteiger partial charge in [-0.05, 0) is 19.3 Å². The number of hydrogen-bond donors (Lipinski definition) is 0. The molecule has 0 aliphatic heterocycles. The Hall–Kier alpha value is -1.45. The zero-order chi connectivity index (χ0) is 11.8. The summed E-state index contributed by atoms with van der Waals surface area (Å²) >= 11 is 0. The van der Waals surface area contributed by atoms with Crippen LogP contribution in [0.15, 0.2) is 17.1 Å². The van der Waals surface area contributed by atoms with Gasteiger partial charge < -0.3 is 4.74 Å². The maximum absolute atomic E-state index is 11.2. The summed E-state index contributed by atoms with van der Waals surface area (Å²) in [5, 5.41) is 0. The fraction of sp³-hybridized carbons (Fsp3) is 0.545. The number of carbonyl (C=O) groups is 2. The third kappa shape index (κ3) is 5.78. The van der Waals surface area contributed by atoms with Gasteiger partial charge in [-0.2, -0.15) is 4.99 Å². The van der Waals surface area contributed by atoms with E-state index in [4.69, 9.17) is 0 Å². The molecular weight excluding hydrogens is 194 g/mol.